The Bertz CT molecular complexity index is 675. The van der Waals surface area contributed by atoms with E-state index in [-0.39, 0.29) is 41.8 Å². The Kier molecular flexibility index (Phi) is 6.83. The molecule has 144 valence electrons. The van der Waals surface area contributed by atoms with Gasteiger partial charge in [-0.1, -0.05) is 6.07 Å². The third-order valence-electron chi connectivity index (χ3n) is 4.98. The maximum Gasteiger partial charge on any atom is 0.319 e. The van der Waals surface area contributed by atoms with Crippen LogP contribution in [0.3, 0.4) is 0 Å². The van der Waals surface area contributed by atoms with Crippen LogP contribution in [0.15, 0.2) is 12.1 Å². The van der Waals surface area contributed by atoms with Crippen molar-refractivity contribution in [3.8, 4) is 0 Å². The summed E-state index contributed by atoms with van der Waals surface area (Å²) in [4.78, 5) is 27.7. The smallest absolute Gasteiger partial charge is 0.319 e. The molecule has 0 aliphatic carbocycles. The van der Waals surface area contributed by atoms with Gasteiger partial charge in [0.05, 0.1) is 5.69 Å². The molecule has 3 rings (SSSR count). The number of rotatable bonds is 2. The molecule has 6 nitrogen and oxygen atoms in total. The first kappa shape index (κ1) is 20.5. The molecule has 1 saturated heterocycles. The van der Waals surface area contributed by atoms with Gasteiger partial charge in [-0.15, -0.1) is 12.4 Å². The maximum atomic E-state index is 14.6. The first-order valence-corrected chi connectivity index (χ1v) is 8.75. The summed E-state index contributed by atoms with van der Waals surface area (Å²) in [6, 6.07) is 3.48. The molecule has 2 N–H and O–H groups in total. The van der Waals surface area contributed by atoms with Gasteiger partial charge in [-0.05, 0) is 43.0 Å². The first-order chi connectivity index (χ1) is 12.0. The van der Waals surface area contributed by atoms with Crippen molar-refractivity contribution in [1.29, 1.82) is 0 Å². The number of nitrogens with zero attached hydrogens (tertiary/aromatic N) is 2. The lowest BCUT2D eigenvalue weighted by atomic mass is 9.95. The van der Waals surface area contributed by atoms with Gasteiger partial charge >= 0.3 is 6.03 Å². The molecule has 1 aromatic rings. The van der Waals surface area contributed by atoms with Crippen LogP contribution in [-0.2, 0) is 17.8 Å². The standard InChI is InChI=1S/C18H25FN4O2.ClH/c1-22(2)18(25)23-9-6-12(7-10-23)17(24)21-15-4-3-13-11-20-8-5-14(13)16(15)19;/h3-4,12,20H,5-11H2,1-2H3,(H,21,24);1H. The highest BCUT2D eigenvalue weighted by molar-refractivity contribution is 5.93. The summed E-state index contributed by atoms with van der Waals surface area (Å²) in [5.74, 6) is -0.666. The van der Waals surface area contributed by atoms with Crippen molar-refractivity contribution in [2.45, 2.75) is 25.8 Å². The van der Waals surface area contributed by atoms with Crippen LogP contribution in [-0.4, -0.2) is 55.5 Å². The minimum atomic E-state index is -0.312. The number of benzene rings is 1. The molecule has 0 saturated carbocycles. The average Bonchev–Trinajstić information content (AvgIpc) is 2.63. The lowest BCUT2D eigenvalue weighted by Crippen LogP contribution is -2.45. The zero-order chi connectivity index (χ0) is 18.0. The predicted molar refractivity (Wildman–Crippen MR) is 101 cm³/mol. The molecule has 2 aliphatic heterocycles. The second-order valence-corrected chi connectivity index (χ2v) is 6.92. The zero-order valence-electron chi connectivity index (χ0n) is 15.2. The number of carbonyl (C=O) groups is 2. The van der Waals surface area contributed by atoms with Gasteiger partial charge in [-0.2, -0.15) is 0 Å². The minimum Gasteiger partial charge on any atom is -0.331 e. The molecule has 0 aromatic heterocycles. The van der Waals surface area contributed by atoms with Gasteiger partial charge in [-0.25, -0.2) is 9.18 Å². The number of piperidine rings is 1. The van der Waals surface area contributed by atoms with Crippen molar-refractivity contribution in [2.75, 3.05) is 39.0 Å². The highest BCUT2D eigenvalue weighted by Crippen LogP contribution is 2.26. The molecule has 2 aliphatic rings. The highest BCUT2D eigenvalue weighted by atomic mass is 35.5. The predicted octanol–water partition coefficient (Wildman–Crippen LogP) is 2.23. The Balaban J connectivity index is 0.00000243. The summed E-state index contributed by atoms with van der Waals surface area (Å²) in [6.07, 6.45) is 1.83. The van der Waals surface area contributed by atoms with Gasteiger partial charge in [0.25, 0.3) is 0 Å². The van der Waals surface area contributed by atoms with Crippen LogP contribution < -0.4 is 10.6 Å². The quantitative estimate of drug-likeness (QED) is 0.821. The van der Waals surface area contributed by atoms with E-state index in [2.05, 4.69) is 10.6 Å². The maximum absolute atomic E-state index is 14.6. The fraction of sp³-hybridized carbons (Fsp3) is 0.556. The number of amides is 3. The van der Waals surface area contributed by atoms with Crippen LogP contribution in [0.25, 0.3) is 0 Å². The van der Waals surface area contributed by atoms with E-state index in [1.807, 2.05) is 6.07 Å². The fourth-order valence-corrected chi connectivity index (χ4v) is 3.48. The molecule has 0 spiro atoms. The molecule has 0 radical (unpaired) electrons. The number of halogens is 2. The largest absolute Gasteiger partial charge is 0.331 e. The third kappa shape index (κ3) is 4.27. The number of urea groups is 1. The van der Waals surface area contributed by atoms with Crippen molar-refractivity contribution in [2.24, 2.45) is 5.92 Å². The van der Waals surface area contributed by atoms with E-state index in [4.69, 9.17) is 0 Å². The zero-order valence-corrected chi connectivity index (χ0v) is 16.0. The summed E-state index contributed by atoms with van der Waals surface area (Å²) in [5.41, 5.74) is 1.91. The van der Waals surface area contributed by atoms with E-state index in [1.54, 1.807) is 25.1 Å². The summed E-state index contributed by atoms with van der Waals surface area (Å²) in [5, 5.41) is 5.96. The molecule has 0 bridgehead atoms. The summed E-state index contributed by atoms with van der Waals surface area (Å²) >= 11 is 0. The number of nitrogens with one attached hydrogen (secondary N) is 2. The Morgan fingerprint density at radius 1 is 1.27 bits per heavy atom. The van der Waals surface area contributed by atoms with Crippen LogP contribution in [0, 0.1) is 11.7 Å². The van der Waals surface area contributed by atoms with Crippen molar-refractivity contribution in [3.63, 3.8) is 0 Å². The van der Waals surface area contributed by atoms with Crippen molar-refractivity contribution in [1.82, 2.24) is 15.1 Å². The van der Waals surface area contributed by atoms with E-state index in [0.717, 1.165) is 12.1 Å². The SMILES string of the molecule is CN(C)C(=O)N1CCC(C(=O)Nc2ccc3c(c2F)CCNC3)CC1.Cl. The average molecular weight is 385 g/mol. The second kappa shape index (κ2) is 8.68. The van der Waals surface area contributed by atoms with Gasteiger partial charge in [0.1, 0.15) is 5.82 Å². The summed E-state index contributed by atoms with van der Waals surface area (Å²) in [6.45, 7) is 2.51. The Labute approximate surface area is 159 Å². The number of likely N-dealkylation sites (tertiary alicyclic amines) is 1. The number of carbonyl (C=O) groups excluding carboxylic acids is 2. The molecule has 26 heavy (non-hydrogen) atoms. The normalized spacial score (nSPS) is 17.1. The molecule has 0 unspecified atom stereocenters. The van der Waals surface area contributed by atoms with Crippen LogP contribution >= 0.6 is 12.4 Å². The Hall–Kier alpha value is -1.86. The number of fused-ring (bicyclic) bond motifs is 1. The van der Waals surface area contributed by atoms with E-state index in [0.29, 0.717) is 44.5 Å². The monoisotopic (exact) mass is 384 g/mol. The fourth-order valence-electron chi connectivity index (χ4n) is 3.48. The molecule has 8 heteroatoms. The second-order valence-electron chi connectivity index (χ2n) is 6.92. The lowest BCUT2D eigenvalue weighted by Gasteiger charge is -2.33. The number of hydrogen-bond donors (Lipinski definition) is 2. The highest BCUT2D eigenvalue weighted by Gasteiger charge is 2.28. The molecular formula is C18H26ClFN4O2. The summed E-state index contributed by atoms with van der Waals surface area (Å²) in [7, 11) is 3.44. The van der Waals surface area contributed by atoms with Gasteiger partial charge in [-0.3, -0.25) is 4.79 Å². The van der Waals surface area contributed by atoms with Gasteiger partial charge < -0.3 is 20.4 Å². The van der Waals surface area contributed by atoms with Gasteiger partial charge in [0.2, 0.25) is 5.91 Å². The van der Waals surface area contributed by atoms with Crippen LogP contribution in [0.1, 0.15) is 24.0 Å². The van der Waals surface area contributed by atoms with Gasteiger partial charge in [0, 0.05) is 39.6 Å². The van der Waals surface area contributed by atoms with E-state index >= 15 is 0 Å². The number of anilines is 1. The molecular weight excluding hydrogens is 359 g/mol. The van der Waals surface area contributed by atoms with Crippen LogP contribution in [0.2, 0.25) is 0 Å². The van der Waals surface area contributed by atoms with E-state index in [1.165, 1.54) is 4.90 Å². The molecule has 0 atom stereocenters. The number of hydrogen-bond acceptors (Lipinski definition) is 3. The minimum absolute atomic E-state index is 0. The van der Waals surface area contributed by atoms with Crippen molar-refractivity contribution >= 4 is 30.0 Å². The van der Waals surface area contributed by atoms with Crippen molar-refractivity contribution in [3.05, 3.63) is 29.1 Å². The molecule has 1 fully saturated rings. The van der Waals surface area contributed by atoms with Gasteiger partial charge in [0.15, 0.2) is 0 Å². The Morgan fingerprint density at radius 2 is 1.96 bits per heavy atom. The lowest BCUT2D eigenvalue weighted by molar-refractivity contribution is -0.121. The van der Waals surface area contributed by atoms with Crippen LogP contribution in [0.4, 0.5) is 14.9 Å². The molecule has 1 aromatic carbocycles. The topological polar surface area (TPSA) is 64.7 Å². The Morgan fingerprint density at radius 3 is 2.62 bits per heavy atom. The van der Waals surface area contributed by atoms with E-state index < -0.39 is 0 Å². The van der Waals surface area contributed by atoms with Crippen molar-refractivity contribution < 1.29 is 14.0 Å². The van der Waals surface area contributed by atoms with Crippen LogP contribution in [0.5, 0.6) is 0 Å². The molecule has 3 amide bonds. The first-order valence-electron chi connectivity index (χ1n) is 8.75. The van der Waals surface area contributed by atoms with E-state index in [9.17, 15) is 14.0 Å². The third-order valence-corrected chi connectivity index (χ3v) is 4.98. The molecule has 2 heterocycles. The summed E-state index contributed by atoms with van der Waals surface area (Å²) < 4.78 is 14.6.